The summed E-state index contributed by atoms with van der Waals surface area (Å²) in [6.45, 7) is 3.08. The molecule has 0 aliphatic rings. The summed E-state index contributed by atoms with van der Waals surface area (Å²) in [5.41, 5.74) is 3.42. The first kappa shape index (κ1) is 13.6. The van der Waals surface area contributed by atoms with E-state index in [0.717, 1.165) is 11.2 Å². The molecule has 19 heavy (non-hydrogen) atoms. The van der Waals surface area contributed by atoms with Crippen molar-refractivity contribution < 1.29 is 9.90 Å². The molecule has 1 atom stereocenters. The monoisotopic (exact) mass is 261 g/mol. The number of likely N-dealkylation sites (N-methyl/N-ethyl adjacent to an activating group) is 1. The van der Waals surface area contributed by atoms with Gasteiger partial charge in [-0.05, 0) is 25.6 Å². The standard InChI is InChI=1S/C14H19N3O2/c1-9-11(7-16-8-13(15-2)14(18)19)10-5-3-4-6-12(10)17-9/h3-6,13,15-17H,7-8H2,1-2H3,(H,18,19). The number of carbonyl (C=O) groups is 1. The molecule has 0 amide bonds. The number of aryl methyl sites for hydroxylation is 1. The van der Waals surface area contributed by atoms with Crippen LogP contribution in [0.15, 0.2) is 24.3 Å². The Labute approximate surface area is 112 Å². The van der Waals surface area contributed by atoms with Gasteiger partial charge < -0.3 is 20.7 Å². The smallest absolute Gasteiger partial charge is 0.322 e. The van der Waals surface area contributed by atoms with Gasteiger partial charge >= 0.3 is 5.97 Å². The molecular weight excluding hydrogens is 242 g/mol. The number of nitrogens with one attached hydrogen (secondary N) is 3. The lowest BCUT2D eigenvalue weighted by Crippen LogP contribution is -2.42. The third-order valence-corrected chi connectivity index (χ3v) is 3.32. The van der Waals surface area contributed by atoms with Gasteiger partial charge in [0.05, 0.1) is 0 Å². The molecule has 4 N–H and O–H groups in total. The predicted molar refractivity (Wildman–Crippen MR) is 75.2 cm³/mol. The number of fused-ring (bicyclic) bond motifs is 1. The van der Waals surface area contributed by atoms with Crippen molar-refractivity contribution in [1.29, 1.82) is 0 Å². The van der Waals surface area contributed by atoms with Crippen LogP contribution in [0.25, 0.3) is 10.9 Å². The first-order chi connectivity index (χ1) is 9.13. The number of aliphatic carboxylic acids is 1. The fourth-order valence-electron chi connectivity index (χ4n) is 2.22. The van der Waals surface area contributed by atoms with E-state index in [-0.39, 0.29) is 0 Å². The maximum absolute atomic E-state index is 10.9. The highest BCUT2D eigenvalue weighted by molar-refractivity contribution is 5.84. The first-order valence-corrected chi connectivity index (χ1v) is 6.30. The Bertz CT molecular complexity index is 577. The second kappa shape index (κ2) is 5.86. The summed E-state index contributed by atoms with van der Waals surface area (Å²) in [5, 5.41) is 16.1. The van der Waals surface area contributed by atoms with Crippen LogP contribution in [-0.2, 0) is 11.3 Å². The summed E-state index contributed by atoms with van der Waals surface area (Å²) >= 11 is 0. The third kappa shape index (κ3) is 2.94. The van der Waals surface area contributed by atoms with Crippen molar-refractivity contribution >= 4 is 16.9 Å². The van der Waals surface area contributed by atoms with Crippen LogP contribution < -0.4 is 10.6 Å². The van der Waals surface area contributed by atoms with Gasteiger partial charge in [0.1, 0.15) is 6.04 Å². The minimum absolute atomic E-state index is 0.394. The van der Waals surface area contributed by atoms with Crippen LogP contribution in [0.3, 0.4) is 0 Å². The quantitative estimate of drug-likeness (QED) is 0.631. The number of H-pyrrole nitrogens is 1. The molecule has 0 radical (unpaired) electrons. The van der Waals surface area contributed by atoms with Crippen molar-refractivity contribution in [3.05, 3.63) is 35.5 Å². The maximum Gasteiger partial charge on any atom is 0.322 e. The molecular formula is C14H19N3O2. The fourth-order valence-corrected chi connectivity index (χ4v) is 2.22. The highest BCUT2D eigenvalue weighted by Crippen LogP contribution is 2.21. The third-order valence-electron chi connectivity index (χ3n) is 3.32. The summed E-state index contributed by atoms with van der Waals surface area (Å²) in [4.78, 5) is 14.2. The van der Waals surface area contributed by atoms with Gasteiger partial charge in [0.2, 0.25) is 0 Å². The zero-order valence-corrected chi connectivity index (χ0v) is 11.2. The molecule has 1 unspecified atom stereocenters. The first-order valence-electron chi connectivity index (χ1n) is 6.30. The van der Waals surface area contributed by atoms with Gasteiger partial charge in [0.25, 0.3) is 0 Å². The van der Waals surface area contributed by atoms with Gasteiger partial charge in [-0.15, -0.1) is 0 Å². The average Bonchev–Trinajstić information content (AvgIpc) is 2.70. The van der Waals surface area contributed by atoms with E-state index >= 15 is 0 Å². The molecule has 0 aliphatic carbocycles. The fraction of sp³-hybridized carbons (Fsp3) is 0.357. The Kier molecular flexibility index (Phi) is 4.19. The van der Waals surface area contributed by atoms with Crippen LogP contribution in [0.4, 0.5) is 0 Å². The van der Waals surface area contributed by atoms with Crippen LogP contribution in [-0.4, -0.2) is 35.7 Å². The van der Waals surface area contributed by atoms with Crippen molar-refractivity contribution in [3.8, 4) is 0 Å². The van der Waals surface area contributed by atoms with Crippen LogP contribution in [0.1, 0.15) is 11.3 Å². The number of carboxylic acids is 1. The molecule has 2 rings (SSSR count). The second-order valence-corrected chi connectivity index (χ2v) is 4.58. The molecule has 102 valence electrons. The minimum atomic E-state index is -0.842. The molecule has 1 aromatic carbocycles. The number of aromatic nitrogens is 1. The summed E-state index contributed by atoms with van der Waals surface area (Å²) < 4.78 is 0. The molecule has 0 bridgehead atoms. The van der Waals surface area contributed by atoms with Gasteiger partial charge in [-0.25, -0.2) is 0 Å². The van der Waals surface area contributed by atoms with Crippen LogP contribution in [0, 0.1) is 6.92 Å². The number of para-hydroxylation sites is 1. The summed E-state index contributed by atoms with van der Waals surface area (Å²) in [5.74, 6) is -0.842. The Morgan fingerprint density at radius 2 is 2.16 bits per heavy atom. The Morgan fingerprint density at radius 1 is 1.42 bits per heavy atom. The largest absolute Gasteiger partial charge is 0.480 e. The molecule has 1 aromatic heterocycles. The van der Waals surface area contributed by atoms with Gasteiger partial charge in [-0.1, -0.05) is 18.2 Å². The van der Waals surface area contributed by atoms with E-state index in [9.17, 15) is 4.79 Å². The van der Waals surface area contributed by atoms with Gasteiger partial charge in [0, 0.05) is 29.7 Å². The molecule has 2 aromatic rings. The molecule has 5 nitrogen and oxygen atoms in total. The van der Waals surface area contributed by atoms with E-state index in [1.807, 2.05) is 25.1 Å². The lowest BCUT2D eigenvalue weighted by atomic mass is 10.1. The molecule has 1 heterocycles. The second-order valence-electron chi connectivity index (χ2n) is 4.58. The summed E-state index contributed by atoms with van der Waals surface area (Å²) in [6.07, 6.45) is 0. The lowest BCUT2D eigenvalue weighted by molar-refractivity contribution is -0.139. The number of carboxylic acid groups (broad SMARTS) is 1. The molecule has 5 heteroatoms. The number of hydrogen-bond acceptors (Lipinski definition) is 3. The van der Waals surface area contributed by atoms with Gasteiger partial charge in [-0.3, -0.25) is 4.79 Å². The van der Waals surface area contributed by atoms with Crippen LogP contribution >= 0.6 is 0 Å². The van der Waals surface area contributed by atoms with Crippen molar-refractivity contribution in [3.63, 3.8) is 0 Å². The highest BCUT2D eigenvalue weighted by Gasteiger charge is 2.14. The zero-order valence-electron chi connectivity index (χ0n) is 11.2. The normalized spacial score (nSPS) is 12.7. The number of rotatable bonds is 6. The van der Waals surface area contributed by atoms with Crippen molar-refractivity contribution in [2.24, 2.45) is 0 Å². The van der Waals surface area contributed by atoms with E-state index in [4.69, 9.17) is 5.11 Å². The SMILES string of the molecule is CNC(CNCc1c(C)[nH]c2ccccc12)C(=O)O. The molecule has 0 aliphatic heterocycles. The topological polar surface area (TPSA) is 77.1 Å². The zero-order chi connectivity index (χ0) is 13.8. The summed E-state index contributed by atoms with van der Waals surface area (Å²) in [7, 11) is 1.65. The van der Waals surface area contributed by atoms with Gasteiger partial charge in [-0.2, -0.15) is 0 Å². The Hall–Kier alpha value is -1.85. The number of benzene rings is 1. The Morgan fingerprint density at radius 3 is 2.84 bits per heavy atom. The molecule has 0 saturated carbocycles. The van der Waals surface area contributed by atoms with Crippen molar-refractivity contribution in [1.82, 2.24) is 15.6 Å². The molecule has 0 fully saturated rings. The van der Waals surface area contributed by atoms with E-state index in [1.165, 1.54) is 10.9 Å². The predicted octanol–water partition coefficient (Wildman–Crippen LogP) is 1.24. The van der Waals surface area contributed by atoms with E-state index in [0.29, 0.717) is 13.1 Å². The van der Waals surface area contributed by atoms with Crippen molar-refractivity contribution in [2.45, 2.75) is 19.5 Å². The summed E-state index contributed by atoms with van der Waals surface area (Å²) in [6, 6.07) is 7.55. The van der Waals surface area contributed by atoms with Crippen LogP contribution in [0.5, 0.6) is 0 Å². The molecule has 0 spiro atoms. The lowest BCUT2D eigenvalue weighted by Gasteiger charge is -2.12. The Balaban J connectivity index is 2.06. The molecule has 0 saturated heterocycles. The maximum atomic E-state index is 10.9. The van der Waals surface area contributed by atoms with E-state index in [1.54, 1.807) is 7.05 Å². The van der Waals surface area contributed by atoms with E-state index in [2.05, 4.69) is 21.7 Å². The number of hydrogen-bond donors (Lipinski definition) is 4. The van der Waals surface area contributed by atoms with Crippen LogP contribution in [0.2, 0.25) is 0 Å². The van der Waals surface area contributed by atoms with E-state index < -0.39 is 12.0 Å². The average molecular weight is 261 g/mol. The minimum Gasteiger partial charge on any atom is -0.480 e. The highest BCUT2D eigenvalue weighted by atomic mass is 16.4. The van der Waals surface area contributed by atoms with Crippen molar-refractivity contribution in [2.75, 3.05) is 13.6 Å². The number of aromatic amines is 1. The van der Waals surface area contributed by atoms with Gasteiger partial charge in [0.15, 0.2) is 0 Å².